The first-order valence-corrected chi connectivity index (χ1v) is 12.7. The molecule has 0 bridgehead atoms. The first-order chi connectivity index (χ1) is 15.7. The van der Waals surface area contributed by atoms with Gasteiger partial charge in [-0.3, -0.25) is 5.43 Å². The number of benzene rings is 4. The van der Waals surface area contributed by atoms with E-state index in [-0.39, 0.29) is 0 Å². The van der Waals surface area contributed by atoms with Gasteiger partial charge in [0, 0.05) is 0 Å². The summed E-state index contributed by atoms with van der Waals surface area (Å²) in [4.78, 5) is 0. The predicted octanol–water partition coefficient (Wildman–Crippen LogP) is 5.86. The Morgan fingerprint density at radius 2 is 0.969 bits per heavy atom. The number of hydrazone groups is 1. The number of rotatable bonds is 7. The largest absolute Gasteiger partial charge is 0.279 e. The molecule has 0 radical (unpaired) electrons. The number of hydrogen-bond donors (Lipinski definition) is 1. The molecule has 0 aliphatic carbocycles. The molecule has 0 saturated carbocycles. The van der Waals surface area contributed by atoms with Gasteiger partial charge in [0.05, 0.1) is 17.2 Å². The van der Waals surface area contributed by atoms with Crippen LogP contribution in [-0.4, -0.2) is 5.71 Å². The van der Waals surface area contributed by atoms with Crippen LogP contribution in [0.1, 0.15) is 19.4 Å². The van der Waals surface area contributed by atoms with Crippen LogP contribution < -0.4 is 21.3 Å². The standard InChI is InChI=1S/C29H28N2P/c1-24(30-31-25(2)26-15-7-3-8-16-26)23-32(27-17-9-4-10-18-27,28-19-11-5-12-20-28)29-21-13-6-14-22-29/h3-23,30H,1-2H3/q+1/b24-23-,31-25-. The van der Waals surface area contributed by atoms with Crippen molar-refractivity contribution in [1.29, 1.82) is 0 Å². The van der Waals surface area contributed by atoms with E-state index in [0.717, 1.165) is 17.0 Å². The van der Waals surface area contributed by atoms with Gasteiger partial charge in [-0.05, 0) is 55.8 Å². The Kier molecular flexibility index (Phi) is 6.94. The molecule has 0 aliphatic rings. The van der Waals surface area contributed by atoms with Gasteiger partial charge in [0.15, 0.2) is 0 Å². The lowest BCUT2D eigenvalue weighted by Crippen LogP contribution is -2.30. The molecule has 0 aliphatic heterocycles. The molecule has 0 aromatic heterocycles. The van der Waals surface area contributed by atoms with Crippen LogP contribution in [0.15, 0.2) is 138 Å². The summed E-state index contributed by atoms with van der Waals surface area (Å²) < 4.78 is 0. The Hall–Kier alpha value is -3.48. The molecule has 2 nitrogen and oxygen atoms in total. The summed E-state index contributed by atoms with van der Waals surface area (Å²) in [6, 6.07) is 42.7. The fourth-order valence-corrected chi connectivity index (χ4v) is 7.80. The van der Waals surface area contributed by atoms with Gasteiger partial charge >= 0.3 is 0 Å². The van der Waals surface area contributed by atoms with E-state index in [4.69, 9.17) is 0 Å². The molecule has 0 unspecified atom stereocenters. The summed E-state index contributed by atoms with van der Waals surface area (Å²) in [5.74, 6) is 2.40. The van der Waals surface area contributed by atoms with Crippen molar-refractivity contribution in [2.45, 2.75) is 13.8 Å². The van der Waals surface area contributed by atoms with Gasteiger partial charge in [0.25, 0.3) is 0 Å². The van der Waals surface area contributed by atoms with Crippen LogP contribution in [0.25, 0.3) is 0 Å². The molecule has 0 saturated heterocycles. The lowest BCUT2D eigenvalue weighted by Gasteiger charge is -2.24. The minimum Gasteiger partial charge on any atom is -0.279 e. The number of allylic oxidation sites excluding steroid dienone is 1. The molecule has 4 aromatic carbocycles. The van der Waals surface area contributed by atoms with Gasteiger partial charge in [0.2, 0.25) is 0 Å². The molecule has 0 atom stereocenters. The predicted molar refractivity (Wildman–Crippen MR) is 141 cm³/mol. The number of hydrogen-bond acceptors (Lipinski definition) is 2. The van der Waals surface area contributed by atoms with Gasteiger partial charge < -0.3 is 0 Å². The third kappa shape index (κ3) is 4.72. The highest BCUT2D eigenvalue weighted by Gasteiger charge is 2.43. The summed E-state index contributed by atoms with van der Waals surface area (Å²) in [5.41, 5.74) is 6.43. The summed E-state index contributed by atoms with van der Waals surface area (Å²) in [6.07, 6.45) is 0. The van der Waals surface area contributed by atoms with Crippen LogP contribution in [0.4, 0.5) is 0 Å². The first kappa shape index (κ1) is 21.7. The number of nitrogens with one attached hydrogen (secondary N) is 1. The van der Waals surface area contributed by atoms with Crippen molar-refractivity contribution in [2.75, 3.05) is 0 Å². The van der Waals surface area contributed by atoms with Gasteiger partial charge in [-0.2, -0.15) is 5.10 Å². The summed E-state index contributed by atoms with van der Waals surface area (Å²) in [6.45, 7) is 4.13. The normalized spacial score (nSPS) is 12.4. The summed E-state index contributed by atoms with van der Waals surface area (Å²) >= 11 is 0. The van der Waals surface area contributed by atoms with Crippen LogP contribution in [0.5, 0.6) is 0 Å². The quantitative estimate of drug-likeness (QED) is 0.220. The molecule has 158 valence electrons. The van der Waals surface area contributed by atoms with Gasteiger partial charge in [-0.15, -0.1) is 0 Å². The second-order valence-corrected chi connectivity index (χ2v) is 11.0. The zero-order valence-electron chi connectivity index (χ0n) is 18.5. The monoisotopic (exact) mass is 435 g/mol. The van der Waals surface area contributed by atoms with E-state index in [0.29, 0.717) is 0 Å². The van der Waals surface area contributed by atoms with Gasteiger partial charge in [0.1, 0.15) is 23.2 Å². The minimum atomic E-state index is -2.04. The molecule has 0 heterocycles. The average molecular weight is 436 g/mol. The van der Waals surface area contributed by atoms with E-state index in [1.165, 1.54) is 15.9 Å². The van der Waals surface area contributed by atoms with Crippen molar-refractivity contribution in [3.63, 3.8) is 0 Å². The third-order valence-electron chi connectivity index (χ3n) is 5.47. The van der Waals surface area contributed by atoms with Gasteiger partial charge in [-0.25, -0.2) is 0 Å². The molecular formula is C29H28N2P+. The molecule has 3 heteroatoms. The Labute approximate surface area is 191 Å². The van der Waals surface area contributed by atoms with Crippen LogP contribution in [0, 0.1) is 0 Å². The highest BCUT2D eigenvalue weighted by atomic mass is 31.2. The minimum absolute atomic E-state index is 0.960. The van der Waals surface area contributed by atoms with Crippen LogP contribution in [-0.2, 0) is 0 Å². The van der Waals surface area contributed by atoms with Crippen molar-refractivity contribution in [3.8, 4) is 0 Å². The Morgan fingerprint density at radius 3 is 1.38 bits per heavy atom. The fraction of sp³-hybridized carbons (Fsp3) is 0.0690. The Bertz CT molecular complexity index is 1090. The molecule has 4 aromatic rings. The topological polar surface area (TPSA) is 24.4 Å². The van der Waals surface area contributed by atoms with Gasteiger partial charge in [-0.1, -0.05) is 84.9 Å². The third-order valence-corrected chi connectivity index (χ3v) is 9.58. The zero-order valence-corrected chi connectivity index (χ0v) is 19.4. The second-order valence-electron chi connectivity index (χ2n) is 7.72. The zero-order chi connectivity index (χ0) is 22.2. The molecular weight excluding hydrogens is 407 g/mol. The maximum atomic E-state index is 4.68. The molecule has 4 rings (SSSR count). The van der Waals surface area contributed by atoms with E-state index >= 15 is 0 Å². The maximum absolute atomic E-state index is 4.68. The van der Waals surface area contributed by atoms with E-state index < -0.39 is 7.26 Å². The molecule has 0 amide bonds. The van der Waals surface area contributed by atoms with Crippen molar-refractivity contribution in [3.05, 3.63) is 138 Å². The van der Waals surface area contributed by atoms with E-state index in [9.17, 15) is 0 Å². The van der Waals surface area contributed by atoms with E-state index in [2.05, 4.69) is 126 Å². The van der Waals surface area contributed by atoms with Crippen molar-refractivity contribution in [2.24, 2.45) is 5.10 Å². The lowest BCUT2D eigenvalue weighted by molar-refractivity contribution is 0.889. The van der Waals surface area contributed by atoms with Crippen LogP contribution in [0.2, 0.25) is 0 Å². The van der Waals surface area contributed by atoms with Crippen molar-refractivity contribution in [1.82, 2.24) is 5.43 Å². The Balaban J connectivity index is 1.84. The SMILES string of the molecule is C/C(=C/[P+](c1ccccc1)(c1ccccc1)c1ccccc1)N/N=C(/C)c1ccccc1. The molecule has 1 N–H and O–H groups in total. The van der Waals surface area contributed by atoms with Crippen LogP contribution in [0.3, 0.4) is 0 Å². The van der Waals surface area contributed by atoms with Crippen molar-refractivity contribution >= 4 is 28.9 Å². The lowest BCUT2D eigenvalue weighted by atomic mass is 10.1. The first-order valence-electron chi connectivity index (χ1n) is 10.8. The van der Waals surface area contributed by atoms with E-state index in [1.807, 2.05) is 25.1 Å². The maximum Gasteiger partial charge on any atom is 0.138 e. The summed E-state index contributed by atoms with van der Waals surface area (Å²) in [5, 5.41) is 8.64. The average Bonchev–Trinajstić information content (AvgIpc) is 2.88. The van der Waals surface area contributed by atoms with Crippen molar-refractivity contribution < 1.29 is 0 Å². The van der Waals surface area contributed by atoms with Crippen LogP contribution >= 0.6 is 7.26 Å². The number of nitrogens with zero attached hydrogens (tertiary/aromatic N) is 1. The smallest absolute Gasteiger partial charge is 0.138 e. The molecule has 0 spiro atoms. The highest BCUT2D eigenvalue weighted by molar-refractivity contribution is 7.98. The fourth-order valence-electron chi connectivity index (χ4n) is 3.90. The van der Waals surface area contributed by atoms with E-state index in [1.54, 1.807) is 0 Å². The molecule has 0 fully saturated rings. The summed E-state index contributed by atoms with van der Waals surface area (Å²) in [7, 11) is -2.04. The highest BCUT2D eigenvalue weighted by Crippen LogP contribution is 2.57. The molecule has 32 heavy (non-hydrogen) atoms. The Morgan fingerprint density at radius 1 is 0.594 bits per heavy atom. The second kappa shape index (κ2) is 10.2.